The van der Waals surface area contributed by atoms with Crippen LogP contribution in [0.5, 0.6) is 5.75 Å². The van der Waals surface area contributed by atoms with E-state index in [4.69, 9.17) is 4.74 Å². The molecule has 0 bridgehead atoms. The van der Waals surface area contributed by atoms with Gasteiger partial charge in [-0.05, 0) is 49.2 Å². The van der Waals surface area contributed by atoms with Gasteiger partial charge in [-0.3, -0.25) is 9.78 Å². The molecule has 146 valence electrons. The molecule has 0 aliphatic rings. The van der Waals surface area contributed by atoms with Crippen LogP contribution in [-0.4, -0.2) is 40.6 Å². The van der Waals surface area contributed by atoms with E-state index in [1.54, 1.807) is 23.4 Å². The SMILES string of the molecule is CCN(CCCOc1ccc2[nH]c(=O)ccc2c1)C(=O)NCc1cccnc1. The number of hydrogen-bond acceptors (Lipinski definition) is 4. The lowest BCUT2D eigenvalue weighted by Crippen LogP contribution is -2.40. The normalized spacial score (nSPS) is 10.6. The average molecular weight is 380 g/mol. The number of urea groups is 1. The highest BCUT2D eigenvalue weighted by Crippen LogP contribution is 2.18. The Labute approximate surface area is 163 Å². The number of fused-ring (bicyclic) bond motifs is 1. The van der Waals surface area contributed by atoms with E-state index < -0.39 is 0 Å². The van der Waals surface area contributed by atoms with Gasteiger partial charge < -0.3 is 19.9 Å². The number of carbonyl (C=O) groups is 1. The fourth-order valence-electron chi connectivity index (χ4n) is 2.86. The second-order valence-electron chi connectivity index (χ2n) is 6.37. The van der Waals surface area contributed by atoms with Crippen LogP contribution in [-0.2, 0) is 6.54 Å². The van der Waals surface area contributed by atoms with Gasteiger partial charge in [0.1, 0.15) is 5.75 Å². The van der Waals surface area contributed by atoms with E-state index in [-0.39, 0.29) is 11.6 Å². The average Bonchev–Trinajstić information content (AvgIpc) is 2.73. The number of benzene rings is 1. The molecule has 0 unspecified atom stereocenters. The Kier molecular flexibility index (Phi) is 6.62. The van der Waals surface area contributed by atoms with E-state index in [2.05, 4.69) is 15.3 Å². The Morgan fingerprint density at radius 3 is 2.93 bits per heavy atom. The first kappa shape index (κ1) is 19.4. The van der Waals surface area contributed by atoms with Gasteiger partial charge in [-0.1, -0.05) is 6.07 Å². The van der Waals surface area contributed by atoms with Crippen LogP contribution in [0.15, 0.2) is 59.7 Å². The molecule has 0 aliphatic heterocycles. The van der Waals surface area contributed by atoms with Crippen LogP contribution in [0.25, 0.3) is 10.9 Å². The Balaban J connectivity index is 1.44. The van der Waals surface area contributed by atoms with Crippen molar-refractivity contribution in [3.05, 3.63) is 70.8 Å². The molecule has 0 aliphatic carbocycles. The standard InChI is InChI=1S/C21H24N4O3/c1-2-25(21(27)23-15-16-5-3-10-22-14-16)11-4-12-28-18-7-8-19-17(13-18)6-9-20(26)24-19/h3,5-10,13-14H,2,4,11-12,15H2,1H3,(H,23,27)(H,24,26). The Morgan fingerprint density at radius 1 is 1.25 bits per heavy atom. The lowest BCUT2D eigenvalue weighted by atomic mass is 10.2. The lowest BCUT2D eigenvalue weighted by molar-refractivity contribution is 0.194. The van der Waals surface area contributed by atoms with Crippen LogP contribution in [0.2, 0.25) is 0 Å². The fourth-order valence-corrected chi connectivity index (χ4v) is 2.86. The van der Waals surface area contributed by atoms with Gasteiger partial charge in [-0.25, -0.2) is 4.79 Å². The van der Waals surface area contributed by atoms with Crippen LogP contribution >= 0.6 is 0 Å². The molecule has 3 aromatic rings. The Hall–Kier alpha value is -3.35. The van der Waals surface area contributed by atoms with Crippen molar-refractivity contribution in [1.29, 1.82) is 0 Å². The van der Waals surface area contributed by atoms with Gasteiger partial charge in [0.05, 0.1) is 6.61 Å². The minimum atomic E-state index is -0.123. The fraction of sp³-hybridized carbons (Fsp3) is 0.286. The number of pyridine rings is 2. The summed E-state index contributed by atoms with van der Waals surface area (Å²) in [6, 6.07) is 12.5. The second-order valence-corrected chi connectivity index (χ2v) is 6.37. The summed E-state index contributed by atoms with van der Waals surface area (Å²) in [6.45, 7) is 4.15. The molecule has 2 amide bonds. The summed E-state index contributed by atoms with van der Waals surface area (Å²) in [5.74, 6) is 0.739. The highest BCUT2D eigenvalue weighted by molar-refractivity contribution is 5.79. The number of carbonyl (C=O) groups excluding carboxylic acids is 1. The molecule has 0 atom stereocenters. The number of ether oxygens (including phenoxy) is 1. The third-order valence-corrected chi connectivity index (χ3v) is 4.37. The highest BCUT2D eigenvalue weighted by atomic mass is 16.5. The summed E-state index contributed by atoms with van der Waals surface area (Å²) in [7, 11) is 0. The maximum Gasteiger partial charge on any atom is 0.317 e. The van der Waals surface area contributed by atoms with Gasteiger partial charge in [0.15, 0.2) is 0 Å². The second kappa shape index (κ2) is 9.55. The summed E-state index contributed by atoms with van der Waals surface area (Å²) < 4.78 is 5.79. The molecule has 1 aromatic carbocycles. The molecule has 2 heterocycles. The molecule has 0 spiro atoms. The molecule has 3 rings (SSSR count). The third kappa shape index (κ3) is 5.33. The van der Waals surface area contributed by atoms with Crippen LogP contribution in [0, 0.1) is 0 Å². The maximum atomic E-state index is 12.3. The molecular formula is C21H24N4O3. The number of nitrogens with zero attached hydrogens (tertiary/aromatic N) is 2. The zero-order valence-electron chi connectivity index (χ0n) is 15.9. The summed E-state index contributed by atoms with van der Waals surface area (Å²) >= 11 is 0. The molecule has 0 fully saturated rings. The predicted octanol–water partition coefficient (Wildman–Crippen LogP) is 2.92. The summed E-state index contributed by atoms with van der Waals surface area (Å²) in [5.41, 5.74) is 1.62. The third-order valence-electron chi connectivity index (χ3n) is 4.37. The minimum Gasteiger partial charge on any atom is -0.494 e. The van der Waals surface area contributed by atoms with Crippen LogP contribution < -0.4 is 15.6 Å². The first-order valence-corrected chi connectivity index (χ1v) is 9.33. The van der Waals surface area contributed by atoms with E-state index in [1.807, 2.05) is 37.3 Å². The zero-order valence-corrected chi connectivity index (χ0v) is 15.9. The van der Waals surface area contributed by atoms with E-state index in [0.717, 1.165) is 28.6 Å². The number of H-pyrrole nitrogens is 1. The van der Waals surface area contributed by atoms with E-state index in [9.17, 15) is 9.59 Å². The van der Waals surface area contributed by atoms with Crippen molar-refractivity contribution in [3.8, 4) is 5.75 Å². The number of rotatable bonds is 8. The smallest absolute Gasteiger partial charge is 0.317 e. The van der Waals surface area contributed by atoms with Crippen LogP contribution in [0.4, 0.5) is 4.79 Å². The van der Waals surface area contributed by atoms with Crippen molar-refractivity contribution in [1.82, 2.24) is 20.2 Å². The number of aromatic nitrogens is 2. The molecule has 0 saturated carbocycles. The molecule has 7 nitrogen and oxygen atoms in total. The zero-order chi connectivity index (χ0) is 19.8. The molecule has 7 heteroatoms. The van der Waals surface area contributed by atoms with Crippen molar-refractivity contribution in [2.45, 2.75) is 19.9 Å². The quantitative estimate of drug-likeness (QED) is 0.588. The van der Waals surface area contributed by atoms with E-state index in [0.29, 0.717) is 26.2 Å². The molecule has 0 radical (unpaired) electrons. The number of amides is 2. The topological polar surface area (TPSA) is 87.3 Å². The van der Waals surface area contributed by atoms with E-state index >= 15 is 0 Å². The van der Waals surface area contributed by atoms with Gasteiger partial charge in [0, 0.05) is 49.0 Å². The Bertz CT molecular complexity index is 972. The summed E-state index contributed by atoms with van der Waals surface area (Å²) in [6.07, 6.45) is 4.17. The van der Waals surface area contributed by atoms with Gasteiger partial charge in [0.2, 0.25) is 5.56 Å². The van der Waals surface area contributed by atoms with Crippen molar-refractivity contribution >= 4 is 16.9 Å². The highest BCUT2D eigenvalue weighted by Gasteiger charge is 2.10. The molecule has 0 saturated heterocycles. The van der Waals surface area contributed by atoms with Crippen molar-refractivity contribution < 1.29 is 9.53 Å². The number of aromatic amines is 1. The number of hydrogen-bond donors (Lipinski definition) is 2. The Morgan fingerprint density at radius 2 is 2.14 bits per heavy atom. The molecule has 2 N–H and O–H groups in total. The summed E-state index contributed by atoms with van der Waals surface area (Å²) in [5, 5.41) is 3.83. The molecular weight excluding hydrogens is 356 g/mol. The molecule has 2 aromatic heterocycles. The van der Waals surface area contributed by atoms with Gasteiger partial charge in [-0.2, -0.15) is 0 Å². The van der Waals surface area contributed by atoms with Gasteiger partial charge >= 0.3 is 6.03 Å². The van der Waals surface area contributed by atoms with Crippen LogP contribution in [0.1, 0.15) is 18.9 Å². The van der Waals surface area contributed by atoms with Crippen molar-refractivity contribution in [2.24, 2.45) is 0 Å². The van der Waals surface area contributed by atoms with Gasteiger partial charge in [-0.15, -0.1) is 0 Å². The maximum absolute atomic E-state index is 12.3. The minimum absolute atomic E-state index is 0.0963. The first-order valence-electron chi connectivity index (χ1n) is 9.33. The van der Waals surface area contributed by atoms with Crippen LogP contribution in [0.3, 0.4) is 0 Å². The monoisotopic (exact) mass is 380 g/mol. The lowest BCUT2D eigenvalue weighted by Gasteiger charge is -2.21. The largest absolute Gasteiger partial charge is 0.494 e. The molecule has 28 heavy (non-hydrogen) atoms. The van der Waals surface area contributed by atoms with Gasteiger partial charge in [0.25, 0.3) is 0 Å². The predicted molar refractivity (Wildman–Crippen MR) is 108 cm³/mol. The van der Waals surface area contributed by atoms with E-state index in [1.165, 1.54) is 6.07 Å². The number of nitrogens with one attached hydrogen (secondary N) is 2. The summed E-state index contributed by atoms with van der Waals surface area (Å²) in [4.78, 5) is 32.2. The van der Waals surface area contributed by atoms with Crippen molar-refractivity contribution in [2.75, 3.05) is 19.7 Å². The van der Waals surface area contributed by atoms with Crippen molar-refractivity contribution in [3.63, 3.8) is 0 Å². The first-order chi connectivity index (χ1) is 13.7.